The number of carbonyl (C=O) groups is 2. The van der Waals surface area contributed by atoms with E-state index in [4.69, 9.17) is 4.74 Å². The van der Waals surface area contributed by atoms with Crippen LogP contribution in [0.25, 0.3) is 0 Å². The van der Waals surface area contributed by atoms with Crippen molar-refractivity contribution < 1.29 is 19.2 Å². The zero-order valence-corrected chi connectivity index (χ0v) is 14.6. The van der Waals surface area contributed by atoms with Crippen LogP contribution in [0.15, 0.2) is 18.2 Å². The Morgan fingerprint density at radius 1 is 1.27 bits per heavy atom. The number of likely N-dealkylation sites (tertiary alicyclic amines) is 1. The second-order valence-corrected chi connectivity index (χ2v) is 6.48. The molecule has 9 nitrogen and oxygen atoms in total. The van der Waals surface area contributed by atoms with Crippen LogP contribution >= 0.6 is 0 Å². The lowest BCUT2D eigenvalue weighted by Gasteiger charge is -2.32. The van der Waals surface area contributed by atoms with Crippen LogP contribution in [-0.2, 0) is 9.53 Å². The Morgan fingerprint density at radius 2 is 2.00 bits per heavy atom. The average Bonchev–Trinajstić information content (AvgIpc) is 3.13. The van der Waals surface area contributed by atoms with E-state index >= 15 is 0 Å². The third kappa shape index (κ3) is 3.77. The van der Waals surface area contributed by atoms with E-state index in [1.165, 1.54) is 11.0 Å². The highest BCUT2D eigenvalue weighted by atomic mass is 16.6. The van der Waals surface area contributed by atoms with E-state index in [2.05, 4.69) is 5.32 Å². The van der Waals surface area contributed by atoms with Gasteiger partial charge in [0.2, 0.25) is 5.91 Å². The zero-order chi connectivity index (χ0) is 18.7. The summed E-state index contributed by atoms with van der Waals surface area (Å²) in [5.41, 5.74) is 0.816. The van der Waals surface area contributed by atoms with Crippen LogP contribution in [0.2, 0.25) is 0 Å². The Hall–Kier alpha value is -2.68. The molecule has 2 aliphatic rings. The molecule has 2 aliphatic heterocycles. The molecule has 3 rings (SSSR count). The van der Waals surface area contributed by atoms with Crippen molar-refractivity contribution in [3.8, 4) is 0 Å². The Balaban J connectivity index is 1.69. The normalized spacial score (nSPS) is 20.1. The lowest BCUT2D eigenvalue weighted by molar-refractivity contribution is -0.385. The van der Waals surface area contributed by atoms with Crippen LogP contribution in [-0.4, -0.2) is 65.6 Å². The van der Waals surface area contributed by atoms with Gasteiger partial charge in [-0.05, 0) is 25.8 Å². The number of benzene rings is 1. The molecular formula is C17H22N4O5. The van der Waals surface area contributed by atoms with Crippen LogP contribution in [0, 0.1) is 17.0 Å². The third-order valence-electron chi connectivity index (χ3n) is 4.78. The molecule has 0 spiro atoms. The van der Waals surface area contributed by atoms with Gasteiger partial charge in [-0.2, -0.15) is 0 Å². The maximum atomic E-state index is 12.7. The second-order valence-electron chi connectivity index (χ2n) is 6.48. The first-order valence-corrected chi connectivity index (χ1v) is 8.66. The number of carbonyl (C=O) groups excluding carboxylic acids is 2. The van der Waals surface area contributed by atoms with E-state index in [0.29, 0.717) is 50.5 Å². The minimum absolute atomic E-state index is 0.0508. The smallest absolute Gasteiger partial charge is 0.322 e. The van der Waals surface area contributed by atoms with Crippen molar-refractivity contribution in [3.63, 3.8) is 0 Å². The molecular weight excluding hydrogens is 340 g/mol. The Morgan fingerprint density at radius 3 is 2.69 bits per heavy atom. The first kappa shape index (κ1) is 18.1. The minimum Gasteiger partial charge on any atom is -0.378 e. The zero-order valence-electron chi connectivity index (χ0n) is 14.6. The number of nitro groups is 1. The molecule has 1 atom stereocenters. The van der Waals surface area contributed by atoms with Gasteiger partial charge in [0, 0.05) is 37.0 Å². The van der Waals surface area contributed by atoms with Gasteiger partial charge in [0.05, 0.1) is 18.1 Å². The molecule has 1 aromatic rings. The molecule has 2 heterocycles. The number of anilines is 1. The number of nitrogens with zero attached hydrogens (tertiary/aromatic N) is 3. The summed E-state index contributed by atoms with van der Waals surface area (Å²) in [6.45, 7) is 4.22. The van der Waals surface area contributed by atoms with Gasteiger partial charge < -0.3 is 19.9 Å². The summed E-state index contributed by atoms with van der Waals surface area (Å²) in [4.78, 5) is 39.2. The number of hydrogen-bond donors (Lipinski definition) is 1. The van der Waals surface area contributed by atoms with Crippen LogP contribution in [0.3, 0.4) is 0 Å². The summed E-state index contributed by atoms with van der Waals surface area (Å²) < 4.78 is 5.26. The van der Waals surface area contributed by atoms with E-state index < -0.39 is 17.0 Å². The van der Waals surface area contributed by atoms with E-state index in [9.17, 15) is 19.7 Å². The summed E-state index contributed by atoms with van der Waals surface area (Å²) in [5.74, 6) is -0.0594. The quantitative estimate of drug-likeness (QED) is 0.651. The van der Waals surface area contributed by atoms with Crippen molar-refractivity contribution in [1.82, 2.24) is 9.80 Å². The van der Waals surface area contributed by atoms with E-state index in [1.807, 2.05) is 0 Å². The van der Waals surface area contributed by atoms with Gasteiger partial charge in [-0.3, -0.25) is 14.9 Å². The summed E-state index contributed by atoms with van der Waals surface area (Å²) >= 11 is 0. The van der Waals surface area contributed by atoms with E-state index in [1.54, 1.807) is 24.0 Å². The van der Waals surface area contributed by atoms with Gasteiger partial charge >= 0.3 is 6.03 Å². The van der Waals surface area contributed by atoms with Crippen molar-refractivity contribution in [3.05, 3.63) is 33.9 Å². The molecule has 1 N–H and O–H groups in total. The molecule has 26 heavy (non-hydrogen) atoms. The summed E-state index contributed by atoms with van der Waals surface area (Å²) in [6.07, 6.45) is 1.37. The lowest BCUT2D eigenvalue weighted by atomic mass is 10.2. The predicted molar refractivity (Wildman–Crippen MR) is 94.0 cm³/mol. The molecule has 0 unspecified atom stereocenters. The minimum atomic E-state index is -0.492. The van der Waals surface area contributed by atoms with Crippen LogP contribution in [0.1, 0.15) is 18.4 Å². The van der Waals surface area contributed by atoms with Crippen molar-refractivity contribution >= 4 is 23.3 Å². The van der Waals surface area contributed by atoms with E-state index in [-0.39, 0.29) is 11.6 Å². The Bertz CT molecular complexity index is 717. The number of nitrogens with one attached hydrogen (secondary N) is 1. The third-order valence-corrected chi connectivity index (χ3v) is 4.78. The Kier molecular flexibility index (Phi) is 5.36. The predicted octanol–water partition coefficient (Wildman–Crippen LogP) is 1.76. The molecule has 2 saturated heterocycles. The molecule has 0 aromatic heterocycles. The molecule has 1 aromatic carbocycles. The fraction of sp³-hybridized carbons (Fsp3) is 0.529. The topological polar surface area (TPSA) is 105 Å². The van der Waals surface area contributed by atoms with Crippen LogP contribution in [0.4, 0.5) is 16.2 Å². The number of urea groups is 1. The number of hydrogen-bond acceptors (Lipinski definition) is 5. The molecule has 0 aliphatic carbocycles. The molecule has 3 amide bonds. The lowest BCUT2D eigenvalue weighted by Crippen LogP contribution is -2.51. The van der Waals surface area contributed by atoms with Crippen molar-refractivity contribution in [1.29, 1.82) is 0 Å². The fourth-order valence-corrected chi connectivity index (χ4v) is 3.34. The SMILES string of the molecule is Cc1ccc(NC(=O)N2CCC[C@@H]2C(=O)N2CCOCC2)cc1[N+](=O)[O-]. The van der Waals surface area contributed by atoms with Gasteiger partial charge in [0.15, 0.2) is 0 Å². The number of ether oxygens (including phenoxy) is 1. The number of amides is 3. The standard InChI is InChI=1S/C17H22N4O5/c1-12-4-5-13(11-15(12)21(24)25)18-17(23)20-6-2-3-14(20)16(22)19-7-9-26-10-8-19/h4-5,11,14H,2-3,6-10H2,1H3,(H,18,23)/t14-/m1/s1. The highest BCUT2D eigenvalue weighted by Gasteiger charge is 2.37. The number of morpholine rings is 1. The van der Waals surface area contributed by atoms with Crippen LogP contribution in [0.5, 0.6) is 0 Å². The van der Waals surface area contributed by atoms with Crippen molar-refractivity contribution in [2.75, 3.05) is 38.2 Å². The van der Waals surface area contributed by atoms with Gasteiger partial charge in [0.25, 0.3) is 5.69 Å². The highest BCUT2D eigenvalue weighted by molar-refractivity contribution is 5.94. The first-order valence-electron chi connectivity index (χ1n) is 8.66. The average molecular weight is 362 g/mol. The summed E-state index contributed by atoms with van der Waals surface area (Å²) in [5, 5.41) is 13.7. The summed E-state index contributed by atoms with van der Waals surface area (Å²) in [7, 11) is 0. The molecule has 140 valence electrons. The molecule has 0 bridgehead atoms. The van der Waals surface area contributed by atoms with Crippen LogP contribution < -0.4 is 5.32 Å². The second kappa shape index (κ2) is 7.69. The van der Waals surface area contributed by atoms with Gasteiger partial charge in [0.1, 0.15) is 6.04 Å². The number of nitro benzene ring substituents is 1. The number of aryl methyl sites for hydroxylation is 1. The van der Waals surface area contributed by atoms with Gasteiger partial charge in [-0.15, -0.1) is 0 Å². The molecule has 2 fully saturated rings. The van der Waals surface area contributed by atoms with E-state index in [0.717, 1.165) is 6.42 Å². The van der Waals surface area contributed by atoms with Crippen molar-refractivity contribution in [2.45, 2.75) is 25.8 Å². The summed E-state index contributed by atoms with van der Waals surface area (Å²) in [6, 6.07) is 3.64. The molecule has 0 saturated carbocycles. The molecule has 0 radical (unpaired) electrons. The number of rotatable bonds is 3. The maximum absolute atomic E-state index is 12.7. The van der Waals surface area contributed by atoms with Crippen molar-refractivity contribution in [2.24, 2.45) is 0 Å². The first-order chi connectivity index (χ1) is 12.5. The maximum Gasteiger partial charge on any atom is 0.322 e. The fourth-order valence-electron chi connectivity index (χ4n) is 3.34. The highest BCUT2D eigenvalue weighted by Crippen LogP contribution is 2.25. The Labute approximate surface area is 151 Å². The monoisotopic (exact) mass is 362 g/mol. The van der Waals surface area contributed by atoms with Gasteiger partial charge in [-0.25, -0.2) is 4.79 Å². The largest absolute Gasteiger partial charge is 0.378 e. The molecule has 9 heteroatoms. The van der Waals surface area contributed by atoms with Gasteiger partial charge in [-0.1, -0.05) is 6.07 Å².